The lowest BCUT2D eigenvalue weighted by molar-refractivity contribution is -0.113. The highest BCUT2D eigenvalue weighted by Crippen LogP contribution is 2.35. The van der Waals surface area contributed by atoms with Crippen molar-refractivity contribution < 1.29 is 9.90 Å². The molecule has 1 aliphatic heterocycles. The van der Waals surface area contributed by atoms with Crippen LogP contribution in [-0.2, 0) is 17.8 Å². The van der Waals surface area contributed by atoms with Gasteiger partial charge in [0.2, 0.25) is 0 Å². The van der Waals surface area contributed by atoms with Gasteiger partial charge in [-0.05, 0) is 29.7 Å². The zero-order valence-electron chi connectivity index (χ0n) is 10.8. The molecule has 5 heteroatoms. The van der Waals surface area contributed by atoms with E-state index in [0.717, 1.165) is 30.4 Å². The molecule has 0 amide bonds. The summed E-state index contributed by atoms with van der Waals surface area (Å²) in [5, 5.41) is 10.5. The third-order valence-corrected chi connectivity index (χ3v) is 5.01. The van der Waals surface area contributed by atoms with E-state index < -0.39 is 0 Å². The lowest BCUT2D eigenvalue weighted by Gasteiger charge is -2.31. The number of aromatic hydroxyl groups is 1. The predicted molar refractivity (Wildman–Crippen MR) is 80.4 cm³/mol. The topological polar surface area (TPSA) is 40.5 Å². The number of thiophene rings is 1. The second-order valence-electron chi connectivity index (χ2n) is 4.86. The molecule has 3 nitrogen and oxygen atoms in total. The first-order valence-corrected chi connectivity index (χ1v) is 7.63. The Morgan fingerprint density at radius 3 is 2.95 bits per heavy atom. The number of hydrogen-bond acceptors (Lipinski definition) is 4. The van der Waals surface area contributed by atoms with Gasteiger partial charge in [0.15, 0.2) is 5.06 Å². The number of hydrogen-bond donors (Lipinski definition) is 1. The summed E-state index contributed by atoms with van der Waals surface area (Å²) in [7, 11) is 0. The molecule has 1 aromatic heterocycles. The number of carbonyl (C=O) groups excluding carboxylic acids is 1. The van der Waals surface area contributed by atoms with Gasteiger partial charge in [0.1, 0.15) is 6.29 Å². The highest BCUT2D eigenvalue weighted by molar-refractivity contribution is 7.13. The Morgan fingerprint density at radius 1 is 1.40 bits per heavy atom. The highest BCUT2D eigenvalue weighted by atomic mass is 35.5. The summed E-state index contributed by atoms with van der Waals surface area (Å²) in [6, 6.07) is 8.91. The largest absolute Gasteiger partial charge is 0.499 e. The van der Waals surface area contributed by atoms with Crippen LogP contribution in [0.3, 0.4) is 0 Å². The highest BCUT2D eigenvalue weighted by Gasteiger charge is 2.27. The summed E-state index contributed by atoms with van der Waals surface area (Å²) < 4.78 is 0. The Morgan fingerprint density at radius 2 is 2.20 bits per heavy atom. The summed E-state index contributed by atoms with van der Waals surface area (Å²) in [6.07, 6.45) is 1.80. The fraction of sp³-hybridized carbons (Fsp3) is 0.267. The second kappa shape index (κ2) is 5.56. The van der Waals surface area contributed by atoms with E-state index >= 15 is 0 Å². The van der Waals surface area contributed by atoms with Gasteiger partial charge in [0.25, 0.3) is 0 Å². The summed E-state index contributed by atoms with van der Waals surface area (Å²) in [6.45, 7) is 1.46. The minimum atomic E-state index is -0.334. The number of carbonyl (C=O) groups is 1. The van der Waals surface area contributed by atoms with Gasteiger partial charge in [-0.1, -0.05) is 29.8 Å². The lowest BCUT2D eigenvalue weighted by Crippen LogP contribution is -2.34. The van der Waals surface area contributed by atoms with Crippen molar-refractivity contribution in [3.8, 4) is 5.06 Å². The van der Waals surface area contributed by atoms with E-state index in [9.17, 15) is 9.90 Å². The molecule has 20 heavy (non-hydrogen) atoms. The number of halogens is 1. The minimum Gasteiger partial charge on any atom is -0.499 e. The molecule has 3 rings (SSSR count). The molecule has 0 fully saturated rings. The number of benzene rings is 1. The molecule has 1 aromatic carbocycles. The Bertz CT molecular complexity index is 641. The second-order valence-corrected chi connectivity index (χ2v) is 6.38. The van der Waals surface area contributed by atoms with Gasteiger partial charge in [0.05, 0.1) is 6.04 Å². The van der Waals surface area contributed by atoms with Gasteiger partial charge in [-0.25, -0.2) is 0 Å². The molecule has 2 heterocycles. The van der Waals surface area contributed by atoms with Crippen molar-refractivity contribution in [1.29, 1.82) is 0 Å². The van der Waals surface area contributed by atoms with Crippen molar-refractivity contribution in [2.24, 2.45) is 0 Å². The molecule has 1 aliphatic rings. The van der Waals surface area contributed by atoms with Gasteiger partial charge in [-0.2, -0.15) is 0 Å². The Labute approximate surface area is 126 Å². The van der Waals surface area contributed by atoms with Crippen molar-refractivity contribution in [1.82, 2.24) is 4.90 Å². The van der Waals surface area contributed by atoms with Crippen LogP contribution < -0.4 is 0 Å². The monoisotopic (exact) mass is 307 g/mol. The van der Waals surface area contributed by atoms with Gasteiger partial charge < -0.3 is 9.90 Å². The van der Waals surface area contributed by atoms with Crippen LogP contribution in [0.2, 0.25) is 5.02 Å². The molecule has 1 atom stereocenters. The smallest absolute Gasteiger partial charge is 0.171 e. The number of fused-ring (bicyclic) bond motifs is 1. The first-order valence-electron chi connectivity index (χ1n) is 6.43. The van der Waals surface area contributed by atoms with Crippen LogP contribution in [0.1, 0.15) is 22.0 Å². The van der Waals surface area contributed by atoms with Crippen LogP contribution in [0.4, 0.5) is 0 Å². The molecule has 1 N–H and O–H groups in total. The summed E-state index contributed by atoms with van der Waals surface area (Å²) in [5.74, 6) is 0. The maximum Gasteiger partial charge on any atom is 0.171 e. The standard InChI is InChI=1S/C15H14ClNO2S/c16-12-4-2-1-3-11(12)13(9-18)17-6-5-14-10(8-17)7-15(19)20-14/h1-4,7,9,13,19H,5-6,8H2/t13-/m1/s1. The molecule has 2 aromatic rings. The number of rotatable bonds is 3. The molecule has 0 saturated heterocycles. The van der Waals surface area contributed by atoms with Gasteiger partial charge in [-0.3, -0.25) is 4.90 Å². The maximum absolute atomic E-state index is 11.5. The first kappa shape index (κ1) is 13.6. The maximum atomic E-state index is 11.5. The van der Waals surface area contributed by atoms with E-state index in [1.807, 2.05) is 18.2 Å². The van der Waals surface area contributed by atoms with E-state index in [-0.39, 0.29) is 6.04 Å². The molecular weight excluding hydrogens is 294 g/mol. The van der Waals surface area contributed by atoms with Crippen LogP contribution in [0.25, 0.3) is 0 Å². The third kappa shape index (κ3) is 2.46. The van der Waals surface area contributed by atoms with Crippen molar-refractivity contribution in [3.63, 3.8) is 0 Å². The van der Waals surface area contributed by atoms with Crippen LogP contribution in [0, 0.1) is 0 Å². The number of aldehydes is 1. The average Bonchev–Trinajstić information content (AvgIpc) is 2.81. The summed E-state index contributed by atoms with van der Waals surface area (Å²) in [5.41, 5.74) is 1.95. The minimum absolute atomic E-state index is 0.334. The van der Waals surface area contributed by atoms with E-state index in [4.69, 9.17) is 11.6 Å². The van der Waals surface area contributed by atoms with E-state index in [1.54, 1.807) is 12.1 Å². The van der Waals surface area contributed by atoms with E-state index in [1.165, 1.54) is 16.2 Å². The molecule has 0 saturated carbocycles. The van der Waals surface area contributed by atoms with Gasteiger partial charge in [-0.15, -0.1) is 11.3 Å². The molecular formula is C15H14ClNO2S. The quantitative estimate of drug-likeness (QED) is 0.884. The molecule has 0 bridgehead atoms. The van der Waals surface area contributed by atoms with E-state index in [0.29, 0.717) is 16.6 Å². The number of nitrogens with zero attached hydrogens (tertiary/aromatic N) is 1. The Balaban J connectivity index is 1.89. The van der Waals surface area contributed by atoms with Crippen LogP contribution in [0.15, 0.2) is 30.3 Å². The zero-order chi connectivity index (χ0) is 14.1. The molecule has 0 spiro atoms. The average molecular weight is 308 g/mol. The molecule has 0 unspecified atom stereocenters. The van der Waals surface area contributed by atoms with Gasteiger partial charge in [0, 0.05) is 23.0 Å². The van der Waals surface area contributed by atoms with E-state index in [2.05, 4.69) is 4.90 Å². The lowest BCUT2D eigenvalue weighted by atomic mass is 10.0. The SMILES string of the molecule is O=C[C@H](c1ccccc1Cl)N1CCc2sc(O)cc2C1. The Kier molecular flexibility index (Phi) is 3.78. The summed E-state index contributed by atoms with van der Waals surface area (Å²) in [4.78, 5) is 14.8. The summed E-state index contributed by atoms with van der Waals surface area (Å²) >= 11 is 7.62. The van der Waals surface area contributed by atoms with Crippen LogP contribution in [-0.4, -0.2) is 22.8 Å². The zero-order valence-corrected chi connectivity index (χ0v) is 12.3. The molecule has 104 valence electrons. The predicted octanol–water partition coefficient (Wildman–Crippen LogP) is 3.41. The van der Waals surface area contributed by atoms with Crippen molar-refractivity contribution in [2.45, 2.75) is 19.0 Å². The van der Waals surface area contributed by atoms with Crippen LogP contribution in [0.5, 0.6) is 5.06 Å². The fourth-order valence-corrected chi connectivity index (χ4v) is 3.80. The Hall–Kier alpha value is -1.36. The van der Waals surface area contributed by atoms with Gasteiger partial charge >= 0.3 is 0 Å². The first-order chi connectivity index (χ1) is 9.69. The normalized spacial score (nSPS) is 16.6. The third-order valence-electron chi connectivity index (χ3n) is 3.63. The molecule has 0 radical (unpaired) electrons. The van der Waals surface area contributed by atoms with Crippen molar-refractivity contribution in [2.75, 3.05) is 6.54 Å². The molecule has 0 aliphatic carbocycles. The van der Waals surface area contributed by atoms with Crippen molar-refractivity contribution >= 4 is 29.2 Å². The fourth-order valence-electron chi connectivity index (χ4n) is 2.65. The van der Waals surface area contributed by atoms with Crippen molar-refractivity contribution in [3.05, 3.63) is 51.4 Å². The van der Waals surface area contributed by atoms with Crippen LogP contribution >= 0.6 is 22.9 Å².